The minimum absolute atomic E-state index is 0.310. The van der Waals surface area contributed by atoms with E-state index in [9.17, 15) is 0 Å². The molecule has 0 spiro atoms. The van der Waals surface area contributed by atoms with Gasteiger partial charge in [-0.05, 0) is 66.2 Å². The van der Waals surface area contributed by atoms with E-state index in [4.69, 9.17) is 11.6 Å². The third-order valence-electron chi connectivity index (χ3n) is 3.31. The van der Waals surface area contributed by atoms with E-state index in [0.717, 1.165) is 21.4 Å². The highest BCUT2D eigenvalue weighted by molar-refractivity contribution is 14.1. The average Bonchev–Trinajstić information content (AvgIpc) is 2.80. The molecule has 0 amide bonds. The number of hydrogen-bond acceptors (Lipinski definition) is 2. The Bertz CT molecular complexity index is 553. The van der Waals surface area contributed by atoms with Gasteiger partial charge in [0.1, 0.15) is 0 Å². The number of hydrogen-bond donors (Lipinski definition) is 1. The molecular formula is C14H17ClIN3. The summed E-state index contributed by atoms with van der Waals surface area (Å²) >= 11 is 8.44. The maximum Gasteiger partial charge on any atom is 0.0542 e. The summed E-state index contributed by atoms with van der Waals surface area (Å²) in [5.74, 6) is 0. The van der Waals surface area contributed by atoms with E-state index in [1.165, 1.54) is 11.3 Å². The van der Waals surface area contributed by atoms with E-state index in [0.29, 0.717) is 6.04 Å². The van der Waals surface area contributed by atoms with E-state index in [2.05, 4.69) is 51.2 Å². The highest BCUT2D eigenvalue weighted by Crippen LogP contribution is 2.25. The summed E-state index contributed by atoms with van der Waals surface area (Å²) in [6.45, 7) is 0. The van der Waals surface area contributed by atoms with Crippen molar-refractivity contribution in [3.63, 3.8) is 0 Å². The Morgan fingerprint density at radius 2 is 2.21 bits per heavy atom. The number of rotatable bonds is 5. The second-order valence-electron chi connectivity index (χ2n) is 4.50. The van der Waals surface area contributed by atoms with Crippen molar-refractivity contribution in [2.45, 2.75) is 18.9 Å². The van der Waals surface area contributed by atoms with Crippen molar-refractivity contribution in [2.24, 2.45) is 7.05 Å². The molecule has 1 aromatic carbocycles. The van der Waals surface area contributed by atoms with Crippen LogP contribution in [0.25, 0.3) is 0 Å². The van der Waals surface area contributed by atoms with Gasteiger partial charge in [-0.25, -0.2) is 0 Å². The van der Waals surface area contributed by atoms with Gasteiger partial charge in [0.25, 0.3) is 0 Å². The third-order valence-corrected chi connectivity index (χ3v) is 4.88. The standard InChI is InChI=1S/C14H17ClIN3/c1-17-14(6-4-11-7-8-18-19(11)2)10-3-5-13(16)12(15)9-10/h3,5,7-9,14,17H,4,6H2,1-2H3. The highest BCUT2D eigenvalue weighted by Gasteiger charge is 2.11. The van der Waals surface area contributed by atoms with Gasteiger partial charge in [-0.3, -0.25) is 4.68 Å². The number of aromatic nitrogens is 2. The van der Waals surface area contributed by atoms with Gasteiger partial charge in [0.2, 0.25) is 0 Å². The van der Waals surface area contributed by atoms with E-state index in [1.54, 1.807) is 0 Å². The van der Waals surface area contributed by atoms with Crippen molar-refractivity contribution in [3.05, 3.63) is 50.3 Å². The quantitative estimate of drug-likeness (QED) is 0.792. The first-order chi connectivity index (χ1) is 9.11. The summed E-state index contributed by atoms with van der Waals surface area (Å²) in [4.78, 5) is 0. The molecule has 0 aliphatic carbocycles. The first-order valence-corrected chi connectivity index (χ1v) is 7.66. The Balaban J connectivity index is 2.07. The molecule has 5 heteroatoms. The molecule has 0 saturated heterocycles. The molecule has 19 heavy (non-hydrogen) atoms. The molecule has 1 aromatic heterocycles. The Labute approximate surface area is 132 Å². The molecule has 0 fully saturated rings. The Morgan fingerprint density at radius 3 is 2.79 bits per heavy atom. The van der Waals surface area contributed by atoms with Gasteiger partial charge >= 0.3 is 0 Å². The lowest BCUT2D eigenvalue weighted by Gasteiger charge is -2.17. The molecule has 2 aromatic rings. The Morgan fingerprint density at radius 1 is 1.42 bits per heavy atom. The van der Waals surface area contributed by atoms with Crippen molar-refractivity contribution in [3.8, 4) is 0 Å². The fourth-order valence-electron chi connectivity index (χ4n) is 2.15. The molecule has 0 saturated carbocycles. The second kappa shape index (κ2) is 6.72. The van der Waals surface area contributed by atoms with Crippen LogP contribution in [0.15, 0.2) is 30.5 Å². The van der Waals surface area contributed by atoms with Crippen LogP contribution in [0.4, 0.5) is 0 Å². The van der Waals surface area contributed by atoms with Crippen LogP contribution < -0.4 is 5.32 Å². The van der Waals surface area contributed by atoms with Gasteiger partial charge in [-0.2, -0.15) is 5.10 Å². The molecule has 3 nitrogen and oxygen atoms in total. The van der Waals surface area contributed by atoms with Crippen LogP contribution in [0.5, 0.6) is 0 Å². The first kappa shape index (κ1) is 14.8. The molecule has 1 atom stereocenters. The molecule has 1 heterocycles. The number of benzene rings is 1. The lowest BCUT2D eigenvalue weighted by molar-refractivity contribution is 0.535. The van der Waals surface area contributed by atoms with Crippen molar-refractivity contribution in [1.29, 1.82) is 0 Å². The van der Waals surface area contributed by atoms with Crippen LogP contribution in [0.1, 0.15) is 23.7 Å². The molecule has 0 bridgehead atoms. The van der Waals surface area contributed by atoms with E-state index in [-0.39, 0.29) is 0 Å². The topological polar surface area (TPSA) is 29.9 Å². The van der Waals surface area contributed by atoms with Crippen molar-refractivity contribution in [2.75, 3.05) is 7.05 Å². The monoisotopic (exact) mass is 389 g/mol. The van der Waals surface area contributed by atoms with Gasteiger partial charge in [0.15, 0.2) is 0 Å². The van der Waals surface area contributed by atoms with Crippen LogP contribution in [0, 0.1) is 3.57 Å². The summed E-state index contributed by atoms with van der Waals surface area (Å²) < 4.78 is 3.01. The van der Waals surface area contributed by atoms with Crippen LogP contribution >= 0.6 is 34.2 Å². The minimum atomic E-state index is 0.310. The van der Waals surface area contributed by atoms with Gasteiger partial charge in [0, 0.05) is 28.6 Å². The number of halogens is 2. The zero-order valence-corrected chi connectivity index (χ0v) is 13.9. The maximum absolute atomic E-state index is 6.19. The zero-order valence-electron chi connectivity index (χ0n) is 11.0. The van der Waals surface area contributed by atoms with Gasteiger partial charge in [0.05, 0.1) is 5.02 Å². The lowest BCUT2D eigenvalue weighted by atomic mass is 10.0. The second-order valence-corrected chi connectivity index (χ2v) is 6.07. The van der Waals surface area contributed by atoms with Gasteiger partial charge in [-0.15, -0.1) is 0 Å². The SMILES string of the molecule is CNC(CCc1ccnn1C)c1ccc(I)c(Cl)c1. The average molecular weight is 390 g/mol. The molecule has 1 N–H and O–H groups in total. The van der Waals surface area contributed by atoms with Crippen LogP contribution in [-0.2, 0) is 13.5 Å². The fourth-order valence-corrected chi connectivity index (χ4v) is 2.67. The number of aryl methyl sites for hydroxylation is 2. The van der Waals surface area contributed by atoms with Crippen LogP contribution in [-0.4, -0.2) is 16.8 Å². The van der Waals surface area contributed by atoms with Crippen molar-refractivity contribution < 1.29 is 0 Å². The smallest absolute Gasteiger partial charge is 0.0542 e. The van der Waals surface area contributed by atoms with Crippen molar-refractivity contribution >= 4 is 34.2 Å². The molecule has 0 aliphatic heterocycles. The summed E-state index contributed by atoms with van der Waals surface area (Å²) in [6, 6.07) is 8.62. The summed E-state index contributed by atoms with van der Waals surface area (Å²) in [5.41, 5.74) is 2.48. The normalized spacial score (nSPS) is 12.6. The van der Waals surface area contributed by atoms with Gasteiger partial charge < -0.3 is 5.32 Å². The highest BCUT2D eigenvalue weighted by atomic mass is 127. The number of nitrogens with zero attached hydrogens (tertiary/aromatic N) is 2. The molecule has 2 rings (SSSR count). The summed E-state index contributed by atoms with van der Waals surface area (Å²) in [6.07, 6.45) is 3.85. The van der Waals surface area contributed by atoms with E-state index < -0.39 is 0 Å². The lowest BCUT2D eigenvalue weighted by Crippen LogP contribution is -2.17. The number of nitrogens with one attached hydrogen (secondary N) is 1. The molecular weight excluding hydrogens is 373 g/mol. The van der Waals surface area contributed by atoms with Crippen LogP contribution in [0.3, 0.4) is 0 Å². The minimum Gasteiger partial charge on any atom is -0.313 e. The fraction of sp³-hybridized carbons (Fsp3) is 0.357. The van der Waals surface area contributed by atoms with Crippen LogP contribution in [0.2, 0.25) is 5.02 Å². The molecule has 1 unspecified atom stereocenters. The van der Waals surface area contributed by atoms with E-state index >= 15 is 0 Å². The summed E-state index contributed by atoms with van der Waals surface area (Å²) in [7, 11) is 3.96. The predicted molar refractivity (Wildman–Crippen MR) is 87.5 cm³/mol. The van der Waals surface area contributed by atoms with E-state index in [1.807, 2.05) is 31.0 Å². The predicted octanol–water partition coefficient (Wildman–Crippen LogP) is 3.57. The third kappa shape index (κ3) is 3.70. The zero-order chi connectivity index (χ0) is 13.8. The maximum atomic E-state index is 6.19. The first-order valence-electron chi connectivity index (χ1n) is 6.21. The molecule has 0 radical (unpaired) electrons. The molecule has 102 valence electrons. The van der Waals surface area contributed by atoms with Crippen molar-refractivity contribution in [1.82, 2.24) is 15.1 Å². The Kier molecular flexibility index (Phi) is 5.24. The largest absolute Gasteiger partial charge is 0.313 e. The van der Waals surface area contributed by atoms with Gasteiger partial charge in [-0.1, -0.05) is 17.7 Å². The molecule has 0 aliphatic rings. The Hall–Kier alpha value is -0.590. The summed E-state index contributed by atoms with van der Waals surface area (Å²) in [5, 5.41) is 8.37.